The molecule has 0 radical (unpaired) electrons. The summed E-state index contributed by atoms with van der Waals surface area (Å²) in [6, 6.07) is 5.04. The smallest absolute Gasteiger partial charge is 0.123 e. The summed E-state index contributed by atoms with van der Waals surface area (Å²) < 4.78 is 19.1. The van der Waals surface area contributed by atoms with Crippen LogP contribution in [0.1, 0.15) is 30.4 Å². The molecule has 2 N–H and O–H groups in total. The molecule has 98 valence electrons. The first-order chi connectivity index (χ1) is 8.63. The molecule has 0 amide bonds. The van der Waals surface area contributed by atoms with E-state index in [2.05, 4.69) is 0 Å². The highest BCUT2D eigenvalue weighted by Crippen LogP contribution is 2.49. The number of ether oxygens (including phenoxy) is 1. The SMILES string of the molecule is Cc1cc(F)ccc1CC1(CN)CC2CCC1O2. The van der Waals surface area contributed by atoms with Crippen molar-refractivity contribution >= 4 is 0 Å². The molecular weight excluding hydrogens is 229 g/mol. The van der Waals surface area contributed by atoms with Crippen molar-refractivity contribution in [3.8, 4) is 0 Å². The van der Waals surface area contributed by atoms with Crippen LogP contribution in [0.5, 0.6) is 0 Å². The second-order valence-corrected chi connectivity index (χ2v) is 5.84. The van der Waals surface area contributed by atoms with Crippen molar-refractivity contribution in [3.63, 3.8) is 0 Å². The average Bonchev–Trinajstić information content (AvgIpc) is 2.93. The largest absolute Gasteiger partial charge is 0.374 e. The van der Waals surface area contributed by atoms with Gasteiger partial charge in [-0.15, -0.1) is 0 Å². The molecule has 2 fully saturated rings. The van der Waals surface area contributed by atoms with Crippen molar-refractivity contribution < 1.29 is 9.13 Å². The zero-order valence-corrected chi connectivity index (χ0v) is 10.8. The normalized spacial score (nSPS) is 34.2. The maximum absolute atomic E-state index is 13.1. The molecule has 2 aliphatic heterocycles. The maximum atomic E-state index is 13.1. The fourth-order valence-corrected chi connectivity index (χ4v) is 3.60. The Morgan fingerprint density at radius 1 is 1.44 bits per heavy atom. The summed E-state index contributed by atoms with van der Waals surface area (Å²) in [4.78, 5) is 0. The third-order valence-electron chi connectivity index (χ3n) is 4.68. The van der Waals surface area contributed by atoms with E-state index >= 15 is 0 Å². The number of rotatable bonds is 3. The quantitative estimate of drug-likeness (QED) is 0.893. The van der Waals surface area contributed by atoms with Crippen LogP contribution in [0.25, 0.3) is 0 Å². The van der Waals surface area contributed by atoms with E-state index in [4.69, 9.17) is 10.5 Å². The van der Waals surface area contributed by atoms with Gasteiger partial charge >= 0.3 is 0 Å². The molecule has 2 aliphatic rings. The van der Waals surface area contributed by atoms with Crippen molar-refractivity contribution in [2.24, 2.45) is 11.1 Å². The Morgan fingerprint density at radius 3 is 2.83 bits per heavy atom. The molecule has 2 saturated heterocycles. The van der Waals surface area contributed by atoms with Gasteiger partial charge in [-0.2, -0.15) is 0 Å². The Balaban J connectivity index is 1.86. The second-order valence-electron chi connectivity index (χ2n) is 5.84. The van der Waals surface area contributed by atoms with E-state index < -0.39 is 0 Å². The molecule has 2 nitrogen and oxygen atoms in total. The van der Waals surface area contributed by atoms with Crippen LogP contribution in [-0.4, -0.2) is 18.8 Å². The minimum atomic E-state index is -0.165. The maximum Gasteiger partial charge on any atom is 0.123 e. The van der Waals surface area contributed by atoms with E-state index in [-0.39, 0.29) is 11.2 Å². The summed E-state index contributed by atoms with van der Waals surface area (Å²) in [5.74, 6) is -0.165. The Hall–Kier alpha value is -0.930. The topological polar surface area (TPSA) is 35.2 Å². The van der Waals surface area contributed by atoms with Gasteiger partial charge in [0.15, 0.2) is 0 Å². The lowest BCUT2D eigenvalue weighted by atomic mass is 9.70. The molecule has 3 unspecified atom stereocenters. The van der Waals surface area contributed by atoms with Crippen LogP contribution >= 0.6 is 0 Å². The summed E-state index contributed by atoms with van der Waals surface area (Å²) in [5.41, 5.74) is 8.33. The standard InChI is InChI=1S/C15H20FNO/c1-10-6-12(16)3-2-11(10)7-15(9-17)8-13-4-5-14(15)18-13/h2-3,6,13-14H,4-5,7-9,17H2,1H3. The van der Waals surface area contributed by atoms with Gasteiger partial charge in [-0.1, -0.05) is 6.07 Å². The van der Waals surface area contributed by atoms with E-state index in [0.717, 1.165) is 24.8 Å². The van der Waals surface area contributed by atoms with Crippen LogP contribution in [0.4, 0.5) is 4.39 Å². The predicted octanol–water partition coefficient (Wildman–Crippen LogP) is 2.57. The minimum Gasteiger partial charge on any atom is -0.374 e. The van der Waals surface area contributed by atoms with Gasteiger partial charge in [0.1, 0.15) is 5.82 Å². The third-order valence-corrected chi connectivity index (χ3v) is 4.68. The molecule has 3 atom stereocenters. The van der Waals surface area contributed by atoms with Crippen LogP contribution in [0.3, 0.4) is 0 Å². The Bertz CT molecular complexity index is 462. The summed E-state index contributed by atoms with van der Waals surface area (Å²) in [6.45, 7) is 2.63. The van der Waals surface area contributed by atoms with Crippen LogP contribution in [0.2, 0.25) is 0 Å². The lowest BCUT2D eigenvalue weighted by molar-refractivity contribution is 0.0636. The molecule has 2 heterocycles. The highest BCUT2D eigenvalue weighted by molar-refractivity contribution is 5.28. The number of benzene rings is 1. The molecule has 18 heavy (non-hydrogen) atoms. The molecule has 0 aliphatic carbocycles. The number of halogens is 1. The van der Waals surface area contributed by atoms with Crippen molar-refractivity contribution in [1.82, 2.24) is 0 Å². The molecule has 0 spiro atoms. The van der Waals surface area contributed by atoms with Gasteiger partial charge in [-0.05, 0) is 55.9 Å². The third kappa shape index (κ3) is 1.86. The fourth-order valence-electron chi connectivity index (χ4n) is 3.60. The van der Waals surface area contributed by atoms with Gasteiger partial charge in [0.2, 0.25) is 0 Å². The van der Waals surface area contributed by atoms with Crippen molar-refractivity contribution in [2.45, 2.75) is 44.8 Å². The molecule has 1 aromatic carbocycles. The van der Waals surface area contributed by atoms with Gasteiger partial charge in [0.05, 0.1) is 12.2 Å². The zero-order valence-electron chi connectivity index (χ0n) is 10.8. The molecule has 1 aromatic rings. The summed E-state index contributed by atoms with van der Waals surface area (Å²) >= 11 is 0. The Labute approximate surface area is 107 Å². The molecule has 0 saturated carbocycles. The van der Waals surface area contributed by atoms with Crippen molar-refractivity contribution in [3.05, 3.63) is 35.1 Å². The summed E-state index contributed by atoms with van der Waals surface area (Å²) in [5, 5.41) is 0. The second kappa shape index (κ2) is 4.32. The fraction of sp³-hybridized carbons (Fsp3) is 0.600. The molecule has 3 rings (SSSR count). The van der Waals surface area contributed by atoms with Gasteiger partial charge < -0.3 is 10.5 Å². The van der Waals surface area contributed by atoms with Gasteiger partial charge in [-0.3, -0.25) is 0 Å². The predicted molar refractivity (Wildman–Crippen MR) is 68.8 cm³/mol. The molecule has 2 bridgehead atoms. The lowest BCUT2D eigenvalue weighted by Crippen LogP contribution is -2.41. The first kappa shape index (κ1) is 12.1. The Kier molecular flexibility index (Phi) is 2.91. The van der Waals surface area contributed by atoms with Crippen molar-refractivity contribution in [1.29, 1.82) is 0 Å². The van der Waals surface area contributed by atoms with E-state index in [1.54, 1.807) is 12.1 Å². The number of nitrogens with two attached hydrogens (primary N) is 1. The monoisotopic (exact) mass is 249 g/mol. The molecule has 0 aromatic heterocycles. The van der Waals surface area contributed by atoms with Crippen LogP contribution in [-0.2, 0) is 11.2 Å². The average molecular weight is 249 g/mol. The van der Waals surface area contributed by atoms with Gasteiger partial charge in [-0.25, -0.2) is 4.39 Å². The lowest BCUT2D eigenvalue weighted by Gasteiger charge is -2.34. The first-order valence-electron chi connectivity index (χ1n) is 6.73. The summed E-state index contributed by atoms with van der Waals surface area (Å²) in [6.07, 6.45) is 4.98. The number of aryl methyl sites for hydroxylation is 1. The highest BCUT2D eigenvalue weighted by atomic mass is 19.1. The molecule has 3 heteroatoms. The summed E-state index contributed by atoms with van der Waals surface area (Å²) in [7, 11) is 0. The first-order valence-corrected chi connectivity index (χ1v) is 6.73. The molecular formula is C15H20FNO. The number of fused-ring (bicyclic) bond motifs is 2. The zero-order chi connectivity index (χ0) is 12.8. The van der Waals surface area contributed by atoms with Crippen molar-refractivity contribution in [2.75, 3.05) is 6.54 Å². The van der Waals surface area contributed by atoms with Crippen LogP contribution < -0.4 is 5.73 Å². The highest BCUT2D eigenvalue weighted by Gasteiger charge is 2.51. The number of hydrogen-bond acceptors (Lipinski definition) is 2. The van der Waals surface area contributed by atoms with E-state index in [1.807, 2.05) is 13.0 Å². The minimum absolute atomic E-state index is 0.0749. The van der Waals surface area contributed by atoms with Crippen LogP contribution in [0, 0.1) is 18.2 Å². The van der Waals surface area contributed by atoms with Crippen LogP contribution in [0.15, 0.2) is 18.2 Å². The van der Waals surface area contributed by atoms with Gasteiger partial charge in [0, 0.05) is 12.0 Å². The van der Waals surface area contributed by atoms with E-state index in [1.165, 1.54) is 12.0 Å². The number of hydrogen-bond donors (Lipinski definition) is 1. The Morgan fingerprint density at radius 2 is 2.28 bits per heavy atom. The van der Waals surface area contributed by atoms with E-state index in [0.29, 0.717) is 18.8 Å². The van der Waals surface area contributed by atoms with Gasteiger partial charge in [0.25, 0.3) is 0 Å². The van der Waals surface area contributed by atoms with E-state index in [9.17, 15) is 4.39 Å².